The molecule has 4 nitrogen and oxygen atoms in total. The zero-order valence-corrected chi connectivity index (χ0v) is 11.6. The predicted octanol–water partition coefficient (Wildman–Crippen LogP) is 2.72. The molecule has 1 atom stereocenters. The molecule has 0 fully saturated rings. The monoisotopic (exact) mass is 282 g/mol. The van der Waals surface area contributed by atoms with Gasteiger partial charge in [0.25, 0.3) is 0 Å². The van der Waals surface area contributed by atoms with Gasteiger partial charge in [-0.15, -0.1) is 0 Å². The summed E-state index contributed by atoms with van der Waals surface area (Å²) >= 11 is 0. The van der Waals surface area contributed by atoms with E-state index in [1.807, 2.05) is 37.4 Å². The fraction of sp³-hybridized carbons (Fsp3) is 0.125. The van der Waals surface area contributed by atoms with Gasteiger partial charge < -0.3 is 5.32 Å². The van der Waals surface area contributed by atoms with Gasteiger partial charge in [0.1, 0.15) is 11.5 Å². The maximum absolute atomic E-state index is 13.0. The average molecular weight is 282 g/mol. The molecule has 2 aromatic carbocycles. The van der Waals surface area contributed by atoms with Crippen LogP contribution >= 0.6 is 0 Å². The number of para-hydroxylation sites is 1. The maximum Gasteiger partial charge on any atom is 0.123 e. The van der Waals surface area contributed by atoms with Gasteiger partial charge in [0, 0.05) is 0 Å². The smallest absolute Gasteiger partial charge is 0.123 e. The molecule has 0 bridgehead atoms. The summed E-state index contributed by atoms with van der Waals surface area (Å²) in [6.45, 7) is 0. The molecule has 0 aliphatic carbocycles. The summed E-state index contributed by atoms with van der Waals surface area (Å²) in [5, 5.41) is 12.0. The van der Waals surface area contributed by atoms with Gasteiger partial charge in [0.15, 0.2) is 0 Å². The zero-order chi connectivity index (χ0) is 14.7. The summed E-state index contributed by atoms with van der Waals surface area (Å²) < 4.78 is 13.0. The van der Waals surface area contributed by atoms with Crippen LogP contribution in [0.4, 0.5) is 4.39 Å². The van der Waals surface area contributed by atoms with Crippen molar-refractivity contribution in [3.63, 3.8) is 0 Å². The Morgan fingerprint density at radius 2 is 1.76 bits per heavy atom. The first-order valence-electron chi connectivity index (χ1n) is 6.68. The largest absolute Gasteiger partial charge is 0.308 e. The van der Waals surface area contributed by atoms with Crippen LogP contribution in [-0.2, 0) is 0 Å². The van der Waals surface area contributed by atoms with E-state index in [2.05, 4.69) is 15.5 Å². The van der Waals surface area contributed by atoms with E-state index in [0.717, 1.165) is 16.9 Å². The van der Waals surface area contributed by atoms with Gasteiger partial charge in [-0.25, -0.2) is 4.39 Å². The fourth-order valence-corrected chi connectivity index (χ4v) is 2.23. The molecule has 1 N–H and O–H groups in total. The minimum Gasteiger partial charge on any atom is -0.308 e. The number of halogens is 1. The molecule has 21 heavy (non-hydrogen) atoms. The van der Waals surface area contributed by atoms with Crippen molar-refractivity contribution < 1.29 is 4.39 Å². The van der Waals surface area contributed by atoms with E-state index in [9.17, 15) is 4.39 Å². The van der Waals surface area contributed by atoms with E-state index < -0.39 is 0 Å². The molecule has 1 heterocycles. The van der Waals surface area contributed by atoms with Crippen LogP contribution in [0.5, 0.6) is 0 Å². The van der Waals surface area contributed by atoms with Gasteiger partial charge in [-0.3, -0.25) is 0 Å². The van der Waals surface area contributed by atoms with Crippen molar-refractivity contribution >= 4 is 0 Å². The molecule has 3 aromatic rings. The molecular formula is C16H15FN4. The first kappa shape index (κ1) is 13.5. The minimum absolute atomic E-state index is 0.122. The lowest BCUT2D eigenvalue weighted by atomic mass is 10.0. The Balaban J connectivity index is 1.92. The fourth-order valence-electron chi connectivity index (χ4n) is 2.23. The van der Waals surface area contributed by atoms with Crippen LogP contribution in [0.15, 0.2) is 60.8 Å². The van der Waals surface area contributed by atoms with Crippen LogP contribution < -0.4 is 5.32 Å². The van der Waals surface area contributed by atoms with Crippen molar-refractivity contribution in [3.05, 3.63) is 77.9 Å². The Hall–Kier alpha value is -2.53. The van der Waals surface area contributed by atoms with Crippen molar-refractivity contribution in [2.45, 2.75) is 6.04 Å². The van der Waals surface area contributed by atoms with E-state index in [0.29, 0.717) is 0 Å². The van der Waals surface area contributed by atoms with E-state index in [1.165, 1.54) is 12.1 Å². The van der Waals surface area contributed by atoms with E-state index in [-0.39, 0.29) is 11.9 Å². The number of hydrogen-bond acceptors (Lipinski definition) is 3. The highest BCUT2D eigenvalue weighted by Gasteiger charge is 2.16. The van der Waals surface area contributed by atoms with E-state index in [1.54, 1.807) is 23.1 Å². The third-order valence-corrected chi connectivity index (χ3v) is 3.28. The maximum atomic E-state index is 13.0. The third-order valence-electron chi connectivity index (χ3n) is 3.28. The Morgan fingerprint density at radius 3 is 2.43 bits per heavy atom. The molecule has 5 heteroatoms. The van der Waals surface area contributed by atoms with Crippen LogP contribution in [0.1, 0.15) is 17.3 Å². The number of hydrogen-bond donors (Lipinski definition) is 1. The molecule has 0 aliphatic rings. The Bertz CT molecular complexity index is 707. The lowest BCUT2D eigenvalue weighted by Crippen LogP contribution is -2.18. The standard InChI is InChI=1S/C16H15FN4/c1-18-16(12-7-9-13(17)10-8-12)15-11-19-21(20-15)14-5-3-2-4-6-14/h2-11,16,18H,1H3. The summed E-state index contributed by atoms with van der Waals surface area (Å²) in [5.41, 5.74) is 2.63. The van der Waals surface area contributed by atoms with Gasteiger partial charge >= 0.3 is 0 Å². The van der Waals surface area contributed by atoms with Crippen LogP contribution in [-0.4, -0.2) is 22.0 Å². The third kappa shape index (κ3) is 2.83. The zero-order valence-electron chi connectivity index (χ0n) is 11.6. The minimum atomic E-state index is -0.249. The molecule has 106 valence electrons. The predicted molar refractivity (Wildman–Crippen MR) is 78.7 cm³/mol. The van der Waals surface area contributed by atoms with E-state index in [4.69, 9.17) is 0 Å². The van der Waals surface area contributed by atoms with Gasteiger partial charge in [0.2, 0.25) is 0 Å². The highest BCUT2D eigenvalue weighted by molar-refractivity contribution is 5.30. The first-order valence-corrected chi connectivity index (χ1v) is 6.68. The van der Waals surface area contributed by atoms with Crippen molar-refractivity contribution in [2.24, 2.45) is 0 Å². The first-order chi connectivity index (χ1) is 10.3. The van der Waals surface area contributed by atoms with Crippen molar-refractivity contribution in [3.8, 4) is 5.69 Å². The number of rotatable bonds is 4. The lowest BCUT2D eigenvalue weighted by molar-refractivity contribution is 0.619. The molecule has 0 spiro atoms. The van der Waals surface area contributed by atoms with Gasteiger partial charge in [0.05, 0.1) is 17.9 Å². The number of nitrogens with one attached hydrogen (secondary N) is 1. The summed E-state index contributed by atoms with van der Waals surface area (Å²) in [4.78, 5) is 1.59. The van der Waals surface area contributed by atoms with Gasteiger partial charge in [-0.2, -0.15) is 15.0 Å². The SMILES string of the molecule is CNC(c1ccc(F)cc1)c1cnn(-c2ccccc2)n1. The number of aromatic nitrogens is 3. The van der Waals surface area contributed by atoms with Crippen LogP contribution in [0.2, 0.25) is 0 Å². The molecule has 0 aliphatic heterocycles. The molecule has 3 rings (SSSR count). The topological polar surface area (TPSA) is 42.7 Å². The van der Waals surface area contributed by atoms with Gasteiger partial charge in [-0.1, -0.05) is 30.3 Å². The highest BCUT2D eigenvalue weighted by Crippen LogP contribution is 2.20. The van der Waals surface area contributed by atoms with Crippen LogP contribution in [0, 0.1) is 5.82 Å². The molecule has 0 saturated carbocycles. The van der Waals surface area contributed by atoms with Crippen LogP contribution in [0.3, 0.4) is 0 Å². The normalized spacial score (nSPS) is 12.3. The molecule has 1 aromatic heterocycles. The summed E-state index contributed by atoms with van der Waals surface area (Å²) in [7, 11) is 1.84. The van der Waals surface area contributed by atoms with Crippen molar-refractivity contribution in [2.75, 3.05) is 7.05 Å². The summed E-state index contributed by atoms with van der Waals surface area (Å²) in [6.07, 6.45) is 1.72. The molecule has 0 saturated heterocycles. The Kier molecular flexibility index (Phi) is 3.75. The Morgan fingerprint density at radius 1 is 1.05 bits per heavy atom. The average Bonchev–Trinajstić information content (AvgIpc) is 3.00. The summed E-state index contributed by atoms with van der Waals surface area (Å²) in [5.74, 6) is -0.249. The quantitative estimate of drug-likeness (QED) is 0.800. The molecule has 0 radical (unpaired) electrons. The molecule has 1 unspecified atom stereocenters. The lowest BCUT2D eigenvalue weighted by Gasteiger charge is -2.13. The second-order valence-corrected chi connectivity index (χ2v) is 4.67. The van der Waals surface area contributed by atoms with E-state index >= 15 is 0 Å². The van der Waals surface area contributed by atoms with Crippen LogP contribution in [0.25, 0.3) is 5.69 Å². The molecular weight excluding hydrogens is 267 g/mol. The van der Waals surface area contributed by atoms with Gasteiger partial charge in [-0.05, 0) is 36.9 Å². The Labute approximate surface area is 122 Å². The summed E-state index contributed by atoms with van der Waals surface area (Å²) in [6, 6.07) is 16.0. The second kappa shape index (κ2) is 5.85. The highest BCUT2D eigenvalue weighted by atomic mass is 19.1. The van der Waals surface area contributed by atoms with Crippen molar-refractivity contribution in [1.82, 2.24) is 20.3 Å². The second-order valence-electron chi connectivity index (χ2n) is 4.67. The van der Waals surface area contributed by atoms with Crippen molar-refractivity contribution in [1.29, 1.82) is 0 Å². The molecule has 0 amide bonds. The number of benzene rings is 2. The number of nitrogens with zero attached hydrogens (tertiary/aromatic N) is 3.